The molecule has 0 fully saturated rings. The van der Waals surface area contributed by atoms with Gasteiger partial charge in [0.05, 0.1) is 22.0 Å². The van der Waals surface area contributed by atoms with E-state index in [9.17, 15) is 4.79 Å². The van der Waals surface area contributed by atoms with Crippen molar-refractivity contribution in [2.24, 2.45) is 0 Å². The summed E-state index contributed by atoms with van der Waals surface area (Å²) in [6.45, 7) is 1.85. The van der Waals surface area contributed by atoms with Crippen LogP contribution in [0.3, 0.4) is 0 Å². The number of anilines is 1. The molecule has 1 aromatic rings. The monoisotopic (exact) mass is 282 g/mol. The van der Waals surface area contributed by atoms with Crippen LogP contribution in [0.5, 0.6) is 0 Å². The molecule has 0 radical (unpaired) electrons. The van der Waals surface area contributed by atoms with Gasteiger partial charge in [-0.3, -0.25) is 4.79 Å². The van der Waals surface area contributed by atoms with E-state index >= 15 is 0 Å². The Bertz CT molecular complexity index is 445. The van der Waals surface area contributed by atoms with E-state index in [0.29, 0.717) is 17.1 Å². The Morgan fingerprint density at radius 3 is 2.94 bits per heavy atom. The highest BCUT2D eigenvalue weighted by Crippen LogP contribution is 2.22. The summed E-state index contributed by atoms with van der Waals surface area (Å²) in [6, 6.07) is 9.24. The van der Waals surface area contributed by atoms with E-state index in [2.05, 4.69) is 11.4 Å². The van der Waals surface area contributed by atoms with Crippen LogP contribution in [-0.4, -0.2) is 16.9 Å². The fraction of sp³-hybridized carbons (Fsp3) is 0.385. The van der Waals surface area contributed by atoms with Gasteiger partial charge in [-0.25, -0.2) is 0 Å². The molecular weight excluding hydrogens is 268 g/mol. The molecule has 0 saturated carbocycles. The predicted molar refractivity (Wildman–Crippen MR) is 76.8 cm³/mol. The molecule has 0 aromatic heterocycles. The smallest absolute Gasteiger partial charge is 0.237 e. The number of hydrogen-bond donors (Lipinski definition) is 1. The van der Waals surface area contributed by atoms with Gasteiger partial charge in [-0.05, 0) is 31.2 Å². The van der Waals surface area contributed by atoms with Gasteiger partial charge >= 0.3 is 0 Å². The molecule has 0 aliphatic heterocycles. The van der Waals surface area contributed by atoms with E-state index in [4.69, 9.17) is 16.9 Å². The molecule has 1 aromatic carbocycles. The van der Waals surface area contributed by atoms with Crippen molar-refractivity contribution in [2.75, 3.05) is 11.1 Å². The number of para-hydroxylation sites is 1. The lowest BCUT2D eigenvalue weighted by atomic mass is 10.3. The first-order chi connectivity index (χ1) is 8.65. The number of nitriles is 1. The van der Waals surface area contributed by atoms with Crippen molar-refractivity contribution in [3.05, 3.63) is 29.3 Å². The van der Waals surface area contributed by atoms with Gasteiger partial charge in [-0.1, -0.05) is 23.7 Å². The second-order valence-electron chi connectivity index (χ2n) is 3.74. The number of carbonyl (C=O) groups is 1. The minimum absolute atomic E-state index is 0.0648. The van der Waals surface area contributed by atoms with Crippen molar-refractivity contribution in [3.8, 4) is 6.07 Å². The maximum absolute atomic E-state index is 11.9. The lowest BCUT2D eigenvalue weighted by Gasteiger charge is -2.12. The Balaban J connectivity index is 2.41. The maximum atomic E-state index is 11.9. The van der Waals surface area contributed by atoms with Crippen molar-refractivity contribution in [1.29, 1.82) is 5.26 Å². The van der Waals surface area contributed by atoms with E-state index in [0.717, 1.165) is 12.2 Å². The largest absolute Gasteiger partial charge is 0.324 e. The highest BCUT2D eigenvalue weighted by Gasteiger charge is 2.14. The lowest BCUT2D eigenvalue weighted by Crippen LogP contribution is -2.22. The predicted octanol–water partition coefficient (Wildman–Crippen LogP) is 3.70. The Hall–Kier alpha value is -1.18. The minimum Gasteiger partial charge on any atom is -0.324 e. The third-order valence-electron chi connectivity index (χ3n) is 2.30. The average molecular weight is 283 g/mol. The van der Waals surface area contributed by atoms with Gasteiger partial charge in [0.1, 0.15) is 0 Å². The number of rotatable bonds is 6. The first-order valence-corrected chi connectivity index (χ1v) is 7.11. The Kier molecular flexibility index (Phi) is 6.63. The van der Waals surface area contributed by atoms with E-state index in [1.165, 1.54) is 0 Å². The fourth-order valence-electron chi connectivity index (χ4n) is 1.28. The molecule has 5 heteroatoms. The summed E-state index contributed by atoms with van der Waals surface area (Å²) in [7, 11) is 0. The quantitative estimate of drug-likeness (QED) is 0.809. The standard InChI is InChI=1S/C13H15ClN2OS/c1-10(18-9-5-4-8-15)13(17)16-12-7-3-2-6-11(12)14/h2-3,6-7,10H,4-5,9H2,1H3,(H,16,17). The number of hydrogen-bond acceptors (Lipinski definition) is 3. The molecule has 0 aliphatic carbocycles. The zero-order valence-electron chi connectivity index (χ0n) is 10.1. The third-order valence-corrected chi connectivity index (χ3v) is 3.87. The van der Waals surface area contributed by atoms with E-state index < -0.39 is 0 Å². The number of thioether (sulfide) groups is 1. The van der Waals surface area contributed by atoms with Crippen LogP contribution in [0.4, 0.5) is 5.69 Å². The molecule has 0 heterocycles. The van der Waals surface area contributed by atoms with Crippen LogP contribution in [0, 0.1) is 11.3 Å². The van der Waals surface area contributed by atoms with Gasteiger partial charge in [-0.15, -0.1) is 11.8 Å². The van der Waals surface area contributed by atoms with Gasteiger partial charge in [0.25, 0.3) is 0 Å². The van der Waals surface area contributed by atoms with Crippen molar-refractivity contribution in [2.45, 2.75) is 25.0 Å². The molecule has 1 amide bonds. The second kappa shape index (κ2) is 8.02. The molecule has 96 valence electrons. The second-order valence-corrected chi connectivity index (χ2v) is 5.60. The molecule has 0 aliphatic rings. The normalized spacial score (nSPS) is 11.6. The van der Waals surface area contributed by atoms with Gasteiger partial charge in [0.2, 0.25) is 5.91 Å². The van der Waals surface area contributed by atoms with Crippen LogP contribution in [0.15, 0.2) is 24.3 Å². The van der Waals surface area contributed by atoms with Gasteiger partial charge in [-0.2, -0.15) is 5.26 Å². The number of amides is 1. The highest BCUT2D eigenvalue weighted by molar-refractivity contribution is 8.00. The van der Waals surface area contributed by atoms with Crippen molar-refractivity contribution in [3.63, 3.8) is 0 Å². The molecule has 1 rings (SSSR count). The molecular formula is C13H15ClN2OS. The molecule has 1 unspecified atom stereocenters. The summed E-state index contributed by atoms with van der Waals surface area (Å²) in [5, 5.41) is 11.6. The number of unbranched alkanes of at least 4 members (excludes halogenated alkanes) is 1. The molecule has 0 bridgehead atoms. The van der Waals surface area contributed by atoms with Gasteiger partial charge in [0.15, 0.2) is 0 Å². The first-order valence-electron chi connectivity index (χ1n) is 5.69. The fourth-order valence-corrected chi connectivity index (χ4v) is 2.34. The SMILES string of the molecule is CC(SCCCC#N)C(=O)Nc1ccccc1Cl. The summed E-state index contributed by atoms with van der Waals surface area (Å²) in [5.74, 6) is 0.745. The Morgan fingerprint density at radius 2 is 2.28 bits per heavy atom. The Labute approximate surface area is 117 Å². The summed E-state index contributed by atoms with van der Waals surface area (Å²) >= 11 is 7.50. The van der Waals surface area contributed by atoms with E-state index in [1.807, 2.05) is 19.1 Å². The number of halogens is 1. The molecule has 0 spiro atoms. The maximum Gasteiger partial charge on any atom is 0.237 e. The average Bonchev–Trinajstić information content (AvgIpc) is 2.37. The van der Waals surface area contributed by atoms with Crippen LogP contribution in [0.2, 0.25) is 5.02 Å². The van der Waals surface area contributed by atoms with Crippen molar-refractivity contribution >= 4 is 35.0 Å². The van der Waals surface area contributed by atoms with Crippen LogP contribution in [0.25, 0.3) is 0 Å². The van der Waals surface area contributed by atoms with Crippen molar-refractivity contribution < 1.29 is 4.79 Å². The van der Waals surface area contributed by atoms with E-state index in [1.54, 1.807) is 23.9 Å². The van der Waals surface area contributed by atoms with E-state index in [-0.39, 0.29) is 11.2 Å². The molecule has 18 heavy (non-hydrogen) atoms. The topological polar surface area (TPSA) is 52.9 Å². The number of benzene rings is 1. The van der Waals surface area contributed by atoms with Crippen LogP contribution in [-0.2, 0) is 4.79 Å². The zero-order chi connectivity index (χ0) is 13.4. The number of carbonyl (C=O) groups excluding carboxylic acids is 1. The Morgan fingerprint density at radius 1 is 1.56 bits per heavy atom. The lowest BCUT2D eigenvalue weighted by molar-refractivity contribution is -0.115. The molecule has 1 atom stereocenters. The van der Waals surface area contributed by atoms with Crippen LogP contribution >= 0.6 is 23.4 Å². The van der Waals surface area contributed by atoms with Crippen LogP contribution in [0.1, 0.15) is 19.8 Å². The first kappa shape index (κ1) is 14.9. The summed E-state index contributed by atoms with van der Waals surface area (Å²) in [6.07, 6.45) is 1.34. The van der Waals surface area contributed by atoms with Crippen molar-refractivity contribution in [1.82, 2.24) is 0 Å². The highest BCUT2D eigenvalue weighted by atomic mass is 35.5. The number of nitrogens with one attached hydrogen (secondary N) is 1. The number of nitrogens with zero attached hydrogens (tertiary/aromatic N) is 1. The van der Waals surface area contributed by atoms with Gasteiger partial charge < -0.3 is 5.32 Å². The van der Waals surface area contributed by atoms with Gasteiger partial charge in [0, 0.05) is 6.42 Å². The summed E-state index contributed by atoms with van der Waals surface area (Å²) in [5.41, 5.74) is 0.633. The van der Waals surface area contributed by atoms with Crippen LogP contribution < -0.4 is 5.32 Å². The minimum atomic E-state index is -0.153. The summed E-state index contributed by atoms with van der Waals surface area (Å²) in [4.78, 5) is 11.9. The molecule has 0 saturated heterocycles. The molecule has 1 N–H and O–H groups in total. The summed E-state index contributed by atoms with van der Waals surface area (Å²) < 4.78 is 0. The zero-order valence-corrected chi connectivity index (χ0v) is 11.7. The molecule has 3 nitrogen and oxygen atoms in total. The third kappa shape index (κ3) is 4.99.